The van der Waals surface area contributed by atoms with Crippen LogP contribution in [0.5, 0.6) is 0 Å². The van der Waals surface area contributed by atoms with Crippen LogP contribution in [-0.4, -0.2) is 24.4 Å². The van der Waals surface area contributed by atoms with E-state index in [1.165, 1.54) is 17.0 Å². The van der Waals surface area contributed by atoms with Crippen molar-refractivity contribution in [3.05, 3.63) is 40.9 Å². The van der Waals surface area contributed by atoms with Crippen LogP contribution in [0.3, 0.4) is 0 Å². The molecule has 1 aromatic rings. The minimum atomic E-state index is -0.564. The van der Waals surface area contributed by atoms with Crippen molar-refractivity contribution >= 4 is 35.1 Å². The zero-order valence-electron chi connectivity index (χ0n) is 13.1. The van der Waals surface area contributed by atoms with Crippen LogP contribution in [0.25, 0.3) is 0 Å². The second-order valence-electron chi connectivity index (χ2n) is 6.40. The number of carbonyl (C=O) groups excluding carboxylic acids is 3. The Morgan fingerprint density at radius 3 is 2.42 bits per heavy atom. The fourth-order valence-electron chi connectivity index (χ4n) is 4.17. The molecule has 4 atom stereocenters. The number of hydrogen-bond donors (Lipinski definition) is 0. The molecule has 2 amide bonds. The Morgan fingerprint density at radius 1 is 1.21 bits per heavy atom. The van der Waals surface area contributed by atoms with Gasteiger partial charge in [-0.05, 0) is 43.4 Å². The first-order valence-corrected chi connectivity index (χ1v) is 8.43. The molecule has 6 heteroatoms. The maximum Gasteiger partial charge on any atom is 0.339 e. The number of benzene rings is 1. The van der Waals surface area contributed by atoms with Gasteiger partial charge in [0.05, 0.1) is 34.7 Å². The first-order chi connectivity index (χ1) is 11.5. The van der Waals surface area contributed by atoms with E-state index in [0.29, 0.717) is 5.69 Å². The van der Waals surface area contributed by atoms with Crippen molar-refractivity contribution in [2.75, 3.05) is 11.5 Å². The molecule has 1 aliphatic heterocycles. The molecular weight excluding hydrogens is 330 g/mol. The van der Waals surface area contributed by atoms with Crippen molar-refractivity contribution < 1.29 is 19.1 Å². The van der Waals surface area contributed by atoms with Gasteiger partial charge in [0.1, 0.15) is 0 Å². The summed E-state index contributed by atoms with van der Waals surface area (Å²) in [5, 5.41) is 0.234. The van der Waals surface area contributed by atoms with E-state index in [4.69, 9.17) is 16.3 Å². The number of anilines is 1. The highest BCUT2D eigenvalue weighted by atomic mass is 35.5. The predicted molar refractivity (Wildman–Crippen MR) is 87.6 cm³/mol. The third-order valence-electron chi connectivity index (χ3n) is 5.17. The number of ether oxygens (including phenoxy) is 1. The van der Waals surface area contributed by atoms with Crippen molar-refractivity contribution in [2.24, 2.45) is 23.7 Å². The Bertz CT molecular complexity index is 757. The van der Waals surface area contributed by atoms with Crippen LogP contribution in [0.1, 0.15) is 23.7 Å². The molecule has 0 radical (unpaired) electrons. The fraction of sp³-hybridized carbons (Fsp3) is 0.389. The molecule has 1 saturated heterocycles. The van der Waals surface area contributed by atoms with Gasteiger partial charge < -0.3 is 4.74 Å². The molecule has 2 aliphatic carbocycles. The van der Waals surface area contributed by atoms with Gasteiger partial charge in [-0.2, -0.15) is 0 Å². The second kappa shape index (κ2) is 5.45. The average molecular weight is 346 g/mol. The molecule has 2 bridgehead atoms. The smallest absolute Gasteiger partial charge is 0.339 e. The summed E-state index contributed by atoms with van der Waals surface area (Å²) in [6.07, 6.45) is 4.98. The van der Waals surface area contributed by atoms with E-state index in [2.05, 4.69) is 0 Å². The molecule has 124 valence electrons. The number of rotatable bonds is 3. The van der Waals surface area contributed by atoms with Crippen LogP contribution in [0.4, 0.5) is 5.69 Å². The summed E-state index contributed by atoms with van der Waals surface area (Å²) in [6.45, 7) is 1.92. The van der Waals surface area contributed by atoms with Gasteiger partial charge in [0.2, 0.25) is 11.8 Å². The summed E-state index contributed by atoms with van der Waals surface area (Å²) in [7, 11) is 0. The molecule has 0 N–H and O–H groups in total. The normalized spacial score (nSPS) is 30.2. The number of allylic oxidation sites excluding steroid dienone is 2. The predicted octanol–water partition coefficient (Wildman–Crippen LogP) is 2.83. The van der Waals surface area contributed by atoms with Crippen molar-refractivity contribution in [3.8, 4) is 0 Å². The number of halogens is 1. The molecule has 1 aromatic carbocycles. The molecule has 1 saturated carbocycles. The lowest BCUT2D eigenvalue weighted by atomic mass is 9.85. The lowest BCUT2D eigenvalue weighted by molar-refractivity contribution is -0.123. The van der Waals surface area contributed by atoms with Gasteiger partial charge in [-0.1, -0.05) is 23.8 Å². The van der Waals surface area contributed by atoms with Gasteiger partial charge in [-0.25, -0.2) is 9.69 Å². The van der Waals surface area contributed by atoms with E-state index in [0.717, 1.165) is 6.42 Å². The standard InChI is InChI=1S/C18H16ClNO4/c1-2-24-18(23)12-8-11(5-6-13(12)19)20-16(21)14-9-3-4-10(7-9)15(14)17(20)22/h3-6,8-10,14-15H,2,7H2,1H3/t9-,10+,14-,15-/m0/s1. The highest BCUT2D eigenvalue weighted by molar-refractivity contribution is 6.34. The van der Waals surface area contributed by atoms with Crippen LogP contribution in [0.2, 0.25) is 5.02 Å². The van der Waals surface area contributed by atoms with Crippen LogP contribution in [-0.2, 0) is 14.3 Å². The molecule has 4 rings (SSSR count). The van der Waals surface area contributed by atoms with Gasteiger partial charge in [-0.15, -0.1) is 0 Å². The lowest BCUT2D eigenvalue weighted by Crippen LogP contribution is -2.33. The van der Waals surface area contributed by atoms with E-state index < -0.39 is 5.97 Å². The first-order valence-electron chi connectivity index (χ1n) is 8.05. The van der Waals surface area contributed by atoms with E-state index in [1.807, 2.05) is 12.2 Å². The second-order valence-corrected chi connectivity index (χ2v) is 6.80. The first kappa shape index (κ1) is 15.4. The summed E-state index contributed by atoms with van der Waals surface area (Å²) in [6, 6.07) is 4.58. The number of hydrogen-bond acceptors (Lipinski definition) is 4. The van der Waals surface area contributed by atoms with Gasteiger partial charge in [-0.3, -0.25) is 9.59 Å². The number of fused-ring (bicyclic) bond motifs is 5. The Hall–Kier alpha value is -2.14. The maximum absolute atomic E-state index is 12.8. The van der Waals surface area contributed by atoms with Crippen LogP contribution in [0, 0.1) is 23.7 Å². The summed E-state index contributed by atoms with van der Waals surface area (Å²) >= 11 is 6.06. The summed E-state index contributed by atoms with van der Waals surface area (Å²) in [4.78, 5) is 38.8. The van der Waals surface area contributed by atoms with Gasteiger partial charge >= 0.3 is 5.97 Å². The number of carbonyl (C=O) groups is 3. The molecule has 1 heterocycles. The Morgan fingerprint density at radius 2 is 1.83 bits per heavy atom. The van der Waals surface area contributed by atoms with Gasteiger partial charge in [0.15, 0.2) is 0 Å². The highest BCUT2D eigenvalue weighted by Gasteiger charge is 2.59. The number of amides is 2. The number of esters is 1. The molecule has 24 heavy (non-hydrogen) atoms. The minimum Gasteiger partial charge on any atom is -0.462 e. The quantitative estimate of drug-likeness (QED) is 0.480. The third kappa shape index (κ3) is 2.04. The van der Waals surface area contributed by atoms with Crippen molar-refractivity contribution in [1.82, 2.24) is 0 Å². The largest absolute Gasteiger partial charge is 0.462 e. The number of imide groups is 1. The molecule has 0 aromatic heterocycles. The Balaban J connectivity index is 1.70. The van der Waals surface area contributed by atoms with Crippen LogP contribution >= 0.6 is 11.6 Å². The molecular formula is C18H16ClNO4. The van der Waals surface area contributed by atoms with E-state index >= 15 is 0 Å². The summed E-state index contributed by atoms with van der Waals surface area (Å²) in [5.74, 6) is -1.16. The molecule has 5 nitrogen and oxygen atoms in total. The van der Waals surface area contributed by atoms with Crippen LogP contribution < -0.4 is 4.90 Å². The Kier molecular flexibility index (Phi) is 3.49. The molecule has 2 fully saturated rings. The Labute approximate surface area is 144 Å². The SMILES string of the molecule is CCOC(=O)c1cc(N2C(=O)[C@@H]3[C@@H](C2=O)[C@H]2C=C[C@@H]3C2)ccc1Cl. The third-order valence-corrected chi connectivity index (χ3v) is 5.50. The van der Waals surface area contributed by atoms with Gasteiger partial charge in [0.25, 0.3) is 0 Å². The van der Waals surface area contributed by atoms with Gasteiger partial charge in [0, 0.05) is 0 Å². The fourth-order valence-corrected chi connectivity index (χ4v) is 4.37. The minimum absolute atomic E-state index is 0.151. The lowest BCUT2D eigenvalue weighted by Gasteiger charge is -2.18. The number of nitrogens with zero attached hydrogens (tertiary/aromatic N) is 1. The van der Waals surface area contributed by atoms with Crippen molar-refractivity contribution in [2.45, 2.75) is 13.3 Å². The van der Waals surface area contributed by atoms with Crippen LogP contribution in [0.15, 0.2) is 30.4 Å². The van der Waals surface area contributed by atoms with E-state index in [-0.39, 0.29) is 52.7 Å². The van der Waals surface area contributed by atoms with E-state index in [9.17, 15) is 14.4 Å². The zero-order valence-corrected chi connectivity index (χ0v) is 13.8. The topological polar surface area (TPSA) is 63.7 Å². The molecule has 0 spiro atoms. The zero-order chi connectivity index (χ0) is 17.0. The maximum atomic E-state index is 12.8. The monoisotopic (exact) mass is 345 g/mol. The van der Waals surface area contributed by atoms with E-state index in [1.54, 1.807) is 13.0 Å². The molecule has 0 unspecified atom stereocenters. The summed E-state index contributed by atoms with van der Waals surface area (Å²) < 4.78 is 4.98. The summed E-state index contributed by atoms with van der Waals surface area (Å²) in [5.41, 5.74) is 0.543. The van der Waals surface area contributed by atoms with Crippen molar-refractivity contribution in [1.29, 1.82) is 0 Å². The highest BCUT2D eigenvalue weighted by Crippen LogP contribution is 2.53. The average Bonchev–Trinajstić information content (AvgIpc) is 3.23. The van der Waals surface area contributed by atoms with Crippen molar-refractivity contribution in [3.63, 3.8) is 0 Å². The molecule has 3 aliphatic rings.